The Morgan fingerprint density at radius 1 is 1.14 bits per heavy atom. The van der Waals surface area contributed by atoms with E-state index in [0.29, 0.717) is 0 Å². The summed E-state index contributed by atoms with van der Waals surface area (Å²) in [4.78, 5) is 0. The molecule has 0 atom stereocenters. The average Bonchev–Trinajstić information content (AvgIpc) is 2.19. The lowest BCUT2D eigenvalue weighted by molar-refractivity contribution is 1.16. The lowest BCUT2D eigenvalue weighted by Crippen LogP contribution is -1.88. The predicted octanol–water partition coefficient (Wildman–Crippen LogP) is 4.36. The van der Waals surface area contributed by atoms with Crippen LogP contribution in [0.5, 0.6) is 0 Å². The molecule has 0 heterocycles. The third-order valence-electron chi connectivity index (χ3n) is 2.66. The molecule has 2 aromatic carbocycles. The van der Waals surface area contributed by atoms with E-state index in [1.54, 1.807) is 0 Å². The summed E-state index contributed by atoms with van der Waals surface area (Å²) < 4.78 is 0. The molecule has 0 spiro atoms. The van der Waals surface area contributed by atoms with E-state index in [-0.39, 0.29) is 0 Å². The Balaban J connectivity index is 2.91. The number of fused-ring (bicyclic) bond motifs is 1. The number of hydrogen-bond acceptors (Lipinski definition) is 0. The first-order chi connectivity index (χ1) is 6.74. The highest BCUT2D eigenvalue weighted by Gasteiger charge is 2.05. The number of halogens is 1. The first kappa shape index (κ1) is 9.54. The van der Waals surface area contributed by atoms with Gasteiger partial charge in [0.2, 0.25) is 0 Å². The molecule has 0 N–H and O–H groups in total. The maximum atomic E-state index is 6.18. The zero-order valence-electron chi connectivity index (χ0n) is 8.47. The molecule has 14 heavy (non-hydrogen) atoms. The third kappa shape index (κ3) is 1.40. The van der Waals surface area contributed by atoms with Gasteiger partial charge in [0, 0.05) is 5.02 Å². The minimum atomic E-state index is 0.884. The summed E-state index contributed by atoms with van der Waals surface area (Å²) in [5, 5.41) is 3.49. The van der Waals surface area contributed by atoms with Crippen LogP contribution in [0.2, 0.25) is 5.02 Å². The van der Waals surface area contributed by atoms with Crippen molar-refractivity contribution >= 4 is 22.4 Å². The number of aryl methyl sites for hydroxylation is 2. The Kier molecular flexibility index (Phi) is 2.47. The molecule has 72 valence electrons. The summed E-state index contributed by atoms with van der Waals surface area (Å²) in [6, 6.07) is 10.4. The lowest BCUT2D eigenvalue weighted by atomic mass is 9.98. The van der Waals surface area contributed by atoms with Gasteiger partial charge in [0.25, 0.3) is 0 Å². The van der Waals surface area contributed by atoms with Gasteiger partial charge in [-0.2, -0.15) is 0 Å². The van der Waals surface area contributed by atoms with Gasteiger partial charge in [0.05, 0.1) is 0 Å². The van der Waals surface area contributed by atoms with Gasteiger partial charge in [-0.3, -0.25) is 0 Å². The second kappa shape index (κ2) is 3.62. The summed E-state index contributed by atoms with van der Waals surface area (Å²) in [7, 11) is 0. The van der Waals surface area contributed by atoms with Crippen molar-refractivity contribution in [3.63, 3.8) is 0 Å². The molecule has 0 amide bonds. The van der Waals surface area contributed by atoms with E-state index in [1.807, 2.05) is 6.07 Å². The van der Waals surface area contributed by atoms with Crippen LogP contribution in [0.4, 0.5) is 0 Å². The van der Waals surface area contributed by atoms with Gasteiger partial charge < -0.3 is 0 Å². The lowest BCUT2D eigenvalue weighted by Gasteiger charge is -2.09. The Morgan fingerprint density at radius 3 is 2.64 bits per heavy atom. The summed E-state index contributed by atoms with van der Waals surface area (Å²) in [6.45, 7) is 4.28. The number of benzene rings is 2. The first-order valence-electron chi connectivity index (χ1n) is 4.90. The van der Waals surface area contributed by atoms with Crippen molar-refractivity contribution in [2.24, 2.45) is 0 Å². The molecule has 0 saturated carbocycles. The topological polar surface area (TPSA) is 0 Å². The van der Waals surface area contributed by atoms with Gasteiger partial charge in [-0.25, -0.2) is 0 Å². The molecule has 0 nitrogen and oxygen atoms in total. The summed E-state index contributed by atoms with van der Waals surface area (Å²) in [6.07, 6.45) is 0.987. The van der Waals surface area contributed by atoms with Gasteiger partial charge in [0.1, 0.15) is 0 Å². The Hall–Kier alpha value is -1.01. The predicted molar refractivity (Wildman–Crippen MR) is 63.1 cm³/mol. The molecule has 0 aliphatic heterocycles. The van der Waals surface area contributed by atoms with Gasteiger partial charge >= 0.3 is 0 Å². The highest BCUT2D eigenvalue weighted by atomic mass is 35.5. The fraction of sp³-hybridized carbons (Fsp3) is 0.231. The highest BCUT2D eigenvalue weighted by Crippen LogP contribution is 2.28. The van der Waals surface area contributed by atoms with Crippen LogP contribution in [0.3, 0.4) is 0 Å². The minimum Gasteiger partial charge on any atom is -0.0840 e. The largest absolute Gasteiger partial charge is 0.0840 e. The standard InChI is InChI=1S/C13H13Cl/c1-3-11-12(14)8-7-10-6-4-5-9(2)13(10)11/h4-8H,3H2,1-2H3. The van der Waals surface area contributed by atoms with Crippen LogP contribution >= 0.6 is 11.6 Å². The van der Waals surface area contributed by atoms with Crippen LogP contribution in [0.1, 0.15) is 18.1 Å². The van der Waals surface area contributed by atoms with Crippen molar-refractivity contribution in [3.05, 3.63) is 46.5 Å². The van der Waals surface area contributed by atoms with Crippen LogP contribution in [0.25, 0.3) is 10.8 Å². The monoisotopic (exact) mass is 204 g/mol. The Bertz CT molecular complexity index is 472. The molecule has 2 rings (SSSR count). The molecule has 2 aromatic rings. The van der Waals surface area contributed by atoms with Crippen molar-refractivity contribution in [3.8, 4) is 0 Å². The summed E-state index contributed by atoms with van der Waals surface area (Å²) in [5.74, 6) is 0. The van der Waals surface area contributed by atoms with Crippen molar-refractivity contribution in [2.45, 2.75) is 20.3 Å². The van der Waals surface area contributed by atoms with Gasteiger partial charge in [0.15, 0.2) is 0 Å². The number of hydrogen-bond donors (Lipinski definition) is 0. The molecule has 0 unspecified atom stereocenters. The van der Waals surface area contributed by atoms with Crippen molar-refractivity contribution in [1.82, 2.24) is 0 Å². The smallest absolute Gasteiger partial charge is 0.0444 e. The average molecular weight is 205 g/mol. The quantitative estimate of drug-likeness (QED) is 0.648. The van der Waals surface area contributed by atoms with Crippen molar-refractivity contribution in [1.29, 1.82) is 0 Å². The molecular weight excluding hydrogens is 192 g/mol. The highest BCUT2D eigenvalue weighted by molar-refractivity contribution is 6.32. The van der Waals surface area contributed by atoms with Crippen LogP contribution in [0.15, 0.2) is 30.3 Å². The van der Waals surface area contributed by atoms with E-state index in [0.717, 1.165) is 11.4 Å². The molecule has 0 aliphatic carbocycles. The fourth-order valence-electron chi connectivity index (χ4n) is 1.97. The first-order valence-corrected chi connectivity index (χ1v) is 5.28. The molecule has 0 aromatic heterocycles. The zero-order valence-corrected chi connectivity index (χ0v) is 9.23. The molecule has 0 radical (unpaired) electrons. The van der Waals surface area contributed by atoms with Crippen LogP contribution < -0.4 is 0 Å². The summed E-state index contributed by atoms with van der Waals surface area (Å²) >= 11 is 6.18. The van der Waals surface area contributed by atoms with Crippen molar-refractivity contribution < 1.29 is 0 Å². The maximum absolute atomic E-state index is 6.18. The van der Waals surface area contributed by atoms with E-state index < -0.39 is 0 Å². The second-order valence-corrected chi connectivity index (χ2v) is 3.96. The fourth-order valence-corrected chi connectivity index (χ4v) is 2.26. The Labute approximate surface area is 89.5 Å². The number of rotatable bonds is 1. The van der Waals surface area contributed by atoms with E-state index in [2.05, 4.69) is 38.1 Å². The van der Waals surface area contributed by atoms with Crippen LogP contribution in [-0.4, -0.2) is 0 Å². The molecule has 0 saturated heterocycles. The van der Waals surface area contributed by atoms with E-state index in [4.69, 9.17) is 11.6 Å². The molecule has 0 bridgehead atoms. The molecule has 0 aliphatic rings. The third-order valence-corrected chi connectivity index (χ3v) is 3.01. The summed E-state index contributed by atoms with van der Waals surface area (Å²) in [5.41, 5.74) is 2.57. The van der Waals surface area contributed by atoms with Gasteiger partial charge in [-0.1, -0.05) is 42.8 Å². The van der Waals surface area contributed by atoms with Crippen LogP contribution in [0, 0.1) is 6.92 Å². The molecular formula is C13H13Cl. The van der Waals surface area contributed by atoms with Gasteiger partial charge in [-0.15, -0.1) is 0 Å². The van der Waals surface area contributed by atoms with Crippen molar-refractivity contribution in [2.75, 3.05) is 0 Å². The Morgan fingerprint density at radius 2 is 1.93 bits per heavy atom. The normalized spacial score (nSPS) is 10.8. The van der Waals surface area contributed by atoms with E-state index >= 15 is 0 Å². The molecule has 1 heteroatoms. The second-order valence-electron chi connectivity index (χ2n) is 3.55. The van der Waals surface area contributed by atoms with Gasteiger partial charge in [-0.05, 0) is 41.3 Å². The van der Waals surface area contributed by atoms with E-state index in [1.165, 1.54) is 21.9 Å². The zero-order chi connectivity index (χ0) is 10.1. The van der Waals surface area contributed by atoms with Crippen LogP contribution in [-0.2, 0) is 6.42 Å². The van der Waals surface area contributed by atoms with E-state index in [9.17, 15) is 0 Å². The maximum Gasteiger partial charge on any atom is 0.0444 e. The SMILES string of the molecule is CCc1c(Cl)ccc2cccc(C)c12. The molecule has 0 fully saturated rings. The minimum absolute atomic E-state index is 0.884.